The fourth-order valence-electron chi connectivity index (χ4n) is 3.50. The highest BCUT2D eigenvalue weighted by Crippen LogP contribution is 2.30. The van der Waals surface area contributed by atoms with Gasteiger partial charge in [-0.05, 0) is 6.42 Å². The first-order valence-electron chi connectivity index (χ1n) is 10.5. The predicted octanol–water partition coefficient (Wildman–Crippen LogP) is 3.48. The maximum atomic E-state index is 12.7. The maximum Gasteiger partial charge on any atom is 0.339 e. The Morgan fingerprint density at radius 2 is 0.794 bits per heavy atom. The third kappa shape index (κ3) is 6.77. The van der Waals surface area contributed by atoms with Crippen molar-refractivity contribution in [2.45, 2.75) is 58.3 Å². The van der Waals surface area contributed by atoms with E-state index in [2.05, 4.69) is 6.92 Å². The molecule has 0 unspecified atom stereocenters. The molecule has 0 radical (unpaired) electrons. The minimum atomic E-state index is -2.20. The van der Waals surface area contributed by atoms with Crippen molar-refractivity contribution in [1.29, 1.82) is 0 Å². The normalized spacial score (nSPS) is 10.5. The van der Waals surface area contributed by atoms with E-state index in [0.717, 1.165) is 38.5 Å². The Balaban J connectivity index is 3.39. The number of aromatic carboxylic acids is 5. The fraction of sp³-hybridized carbons (Fsp3) is 0.455. The highest BCUT2D eigenvalue weighted by Gasteiger charge is 2.41. The van der Waals surface area contributed by atoms with Gasteiger partial charge in [0, 0.05) is 0 Å². The molecule has 0 heterocycles. The molecule has 0 spiro atoms. The number of carboxylic acids is 5. The maximum absolute atomic E-state index is 12.7. The van der Waals surface area contributed by atoms with E-state index in [1.807, 2.05) is 0 Å². The summed E-state index contributed by atoms with van der Waals surface area (Å²) in [5.41, 5.74) is -8.96. The van der Waals surface area contributed by atoms with Gasteiger partial charge in [0.1, 0.15) is 0 Å². The standard InChI is InChI=1S/C22H26O12/c1-2-3-4-5-6-7-8-9-10-34-22(33)16-14(20(29)30)12(18(25)26)11(17(23)24)13(19(27)28)15(16)21(31)32/h2-10H2,1H3,(H,23,24)(H,25,26)(H,27,28)(H,29,30)(H,31,32). The fourth-order valence-corrected chi connectivity index (χ4v) is 3.50. The van der Waals surface area contributed by atoms with Crippen LogP contribution in [-0.2, 0) is 4.74 Å². The zero-order chi connectivity index (χ0) is 26.0. The zero-order valence-electron chi connectivity index (χ0n) is 18.5. The summed E-state index contributed by atoms with van der Waals surface area (Å²) in [5.74, 6) is -12.4. The van der Waals surface area contributed by atoms with Gasteiger partial charge in [0.25, 0.3) is 0 Å². The number of carbonyl (C=O) groups is 6. The molecule has 5 N–H and O–H groups in total. The van der Waals surface area contributed by atoms with Crippen molar-refractivity contribution in [2.24, 2.45) is 0 Å². The lowest BCUT2D eigenvalue weighted by molar-refractivity contribution is 0.0474. The van der Waals surface area contributed by atoms with Crippen LogP contribution in [-0.4, -0.2) is 68.0 Å². The molecule has 0 saturated heterocycles. The molecule has 12 heteroatoms. The number of ether oxygens (including phenoxy) is 1. The topological polar surface area (TPSA) is 213 Å². The van der Waals surface area contributed by atoms with Crippen LogP contribution in [0.5, 0.6) is 0 Å². The molecule has 0 saturated carbocycles. The van der Waals surface area contributed by atoms with Gasteiger partial charge in [-0.2, -0.15) is 0 Å². The summed E-state index contributed by atoms with van der Waals surface area (Å²) in [5, 5.41) is 47.2. The van der Waals surface area contributed by atoms with Crippen molar-refractivity contribution < 1.29 is 59.0 Å². The summed E-state index contributed by atoms with van der Waals surface area (Å²) in [6.45, 7) is 1.82. The van der Waals surface area contributed by atoms with Gasteiger partial charge in [-0.3, -0.25) is 0 Å². The minimum absolute atomic E-state index is 0.266. The first kappa shape index (κ1) is 28.1. The van der Waals surface area contributed by atoms with Crippen LogP contribution < -0.4 is 0 Å². The Morgan fingerprint density at radius 1 is 0.500 bits per heavy atom. The van der Waals surface area contributed by atoms with Gasteiger partial charge in [-0.1, -0.05) is 51.9 Å². The molecule has 0 aliphatic carbocycles. The second-order valence-electron chi connectivity index (χ2n) is 7.39. The number of rotatable bonds is 15. The second-order valence-corrected chi connectivity index (χ2v) is 7.39. The zero-order valence-corrected chi connectivity index (χ0v) is 18.5. The Hall–Kier alpha value is -3.96. The average Bonchev–Trinajstić information content (AvgIpc) is 2.74. The van der Waals surface area contributed by atoms with Gasteiger partial charge in [0.05, 0.1) is 40.0 Å². The summed E-state index contributed by atoms with van der Waals surface area (Å²) in [4.78, 5) is 71.2. The van der Waals surface area contributed by atoms with Crippen LogP contribution in [0.1, 0.15) is 120 Å². The van der Waals surface area contributed by atoms with E-state index < -0.39 is 69.2 Å². The quantitative estimate of drug-likeness (QED) is 0.179. The summed E-state index contributed by atoms with van der Waals surface area (Å²) >= 11 is 0. The Bertz CT molecular complexity index is 939. The summed E-state index contributed by atoms with van der Waals surface area (Å²) in [6.07, 6.45) is 7.17. The van der Waals surface area contributed by atoms with Crippen molar-refractivity contribution in [1.82, 2.24) is 0 Å². The molecular formula is C22H26O12. The molecule has 0 bridgehead atoms. The lowest BCUT2D eigenvalue weighted by Crippen LogP contribution is -2.28. The Kier molecular flexibility index (Phi) is 10.7. The molecule has 12 nitrogen and oxygen atoms in total. The van der Waals surface area contributed by atoms with Crippen LogP contribution in [0, 0.1) is 0 Å². The van der Waals surface area contributed by atoms with E-state index in [9.17, 15) is 54.3 Å². The van der Waals surface area contributed by atoms with E-state index in [-0.39, 0.29) is 6.61 Å². The van der Waals surface area contributed by atoms with Crippen molar-refractivity contribution in [3.05, 3.63) is 33.4 Å². The van der Waals surface area contributed by atoms with Gasteiger partial charge in [0.2, 0.25) is 0 Å². The molecule has 0 aliphatic heterocycles. The van der Waals surface area contributed by atoms with Gasteiger partial charge in [0.15, 0.2) is 0 Å². The van der Waals surface area contributed by atoms with Crippen molar-refractivity contribution in [2.75, 3.05) is 6.61 Å². The monoisotopic (exact) mass is 482 g/mol. The minimum Gasteiger partial charge on any atom is -0.478 e. The van der Waals surface area contributed by atoms with Gasteiger partial charge in [-0.15, -0.1) is 0 Å². The Labute approximate surface area is 193 Å². The first-order valence-corrected chi connectivity index (χ1v) is 10.5. The molecule has 0 aromatic heterocycles. The molecule has 1 aromatic rings. The van der Waals surface area contributed by atoms with Gasteiger partial charge < -0.3 is 30.3 Å². The van der Waals surface area contributed by atoms with Gasteiger partial charge in [-0.25, -0.2) is 28.8 Å². The largest absolute Gasteiger partial charge is 0.478 e. The molecule has 0 fully saturated rings. The molecular weight excluding hydrogens is 456 g/mol. The van der Waals surface area contributed by atoms with E-state index in [4.69, 9.17) is 4.74 Å². The summed E-state index contributed by atoms with van der Waals surface area (Å²) in [7, 11) is 0. The van der Waals surface area contributed by atoms with Crippen LogP contribution >= 0.6 is 0 Å². The number of carboxylic acid groups (broad SMARTS) is 5. The summed E-state index contributed by atoms with van der Waals surface area (Å²) in [6, 6.07) is 0. The van der Waals surface area contributed by atoms with Crippen molar-refractivity contribution >= 4 is 35.8 Å². The van der Waals surface area contributed by atoms with Crippen molar-refractivity contribution in [3.63, 3.8) is 0 Å². The molecule has 1 aromatic carbocycles. The van der Waals surface area contributed by atoms with Crippen LogP contribution in [0.3, 0.4) is 0 Å². The molecule has 0 atom stereocenters. The summed E-state index contributed by atoms with van der Waals surface area (Å²) < 4.78 is 4.93. The average molecular weight is 482 g/mol. The molecule has 34 heavy (non-hydrogen) atoms. The number of esters is 1. The smallest absolute Gasteiger partial charge is 0.339 e. The predicted molar refractivity (Wildman–Crippen MR) is 114 cm³/mol. The number of hydrogen-bond acceptors (Lipinski definition) is 7. The third-order valence-electron chi connectivity index (χ3n) is 5.00. The third-order valence-corrected chi connectivity index (χ3v) is 5.00. The van der Waals surface area contributed by atoms with Crippen LogP contribution in [0.2, 0.25) is 0 Å². The van der Waals surface area contributed by atoms with Crippen LogP contribution in [0.15, 0.2) is 0 Å². The highest BCUT2D eigenvalue weighted by atomic mass is 16.5. The number of hydrogen-bond donors (Lipinski definition) is 5. The van der Waals surface area contributed by atoms with Crippen molar-refractivity contribution in [3.8, 4) is 0 Å². The van der Waals surface area contributed by atoms with E-state index >= 15 is 0 Å². The van der Waals surface area contributed by atoms with E-state index in [1.165, 1.54) is 0 Å². The number of benzene rings is 1. The lowest BCUT2D eigenvalue weighted by atomic mass is 9.86. The van der Waals surface area contributed by atoms with E-state index in [0.29, 0.717) is 12.8 Å². The van der Waals surface area contributed by atoms with Crippen LogP contribution in [0.25, 0.3) is 0 Å². The van der Waals surface area contributed by atoms with Crippen LogP contribution in [0.4, 0.5) is 0 Å². The molecule has 0 amide bonds. The van der Waals surface area contributed by atoms with E-state index in [1.54, 1.807) is 0 Å². The molecule has 0 aliphatic rings. The first-order chi connectivity index (χ1) is 16.0. The Morgan fingerprint density at radius 3 is 1.12 bits per heavy atom. The SMILES string of the molecule is CCCCCCCCCCOC(=O)c1c(C(=O)O)c(C(=O)O)c(C(=O)O)c(C(=O)O)c1C(=O)O. The molecule has 186 valence electrons. The molecule has 1 rings (SSSR count). The van der Waals surface area contributed by atoms with Gasteiger partial charge >= 0.3 is 35.8 Å². The lowest BCUT2D eigenvalue weighted by Gasteiger charge is -2.17. The number of unbranched alkanes of at least 4 members (excludes halogenated alkanes) is 7. The number of carbonyl (C=O) groups excluding carboxylic acids is 1. The second kappa shape index (κ2) is 12.9. The highest BCUT2D eigenvalue weighted by molar-refractivity contribution is 6.23.